The number of phenolic OH excluding ortho intramolecular Hbond substituents is 1. The molecule has 3 heterocycles. The van der Waals surface area contributed by atoms with Crippen molar-refractivity contribution in [3.8, 4) is 23.0 Å². The van der Waals surface area contributed by atoms with Gasteiger partial charge in [0.1, 0.15) is 45.9 Å². The molecule has 5 rings (SSSR count). The fourth-order valence-corrected chi connectivity index (χ4v) is 4.11. The average Bonchev–Trinajstić information content (AvgIpc) is 2.66. The molecule has 0 radical (unpaired) electrons. The third-order valence-corrected chi connectivity index (χ3v) is 5.64. The molecule has 5 heteroatoms. The van der Waals surface area contributed by atoms with Crippen LogP contribution in [0.15, 0.2) is 36.4 Å². The molecule has 0 spiro atoms. The number of hydrogen-bond donors (Lipinski definition) is 1. The quantitative estimate of drug-likeness (QED) is 0.683. The number of ketones is 1. The first kappa shape index (κ1) is 18.8. The van der Waals surface area contributed by atoms with Crippen molar-refractivity contribution in [3.05, 3.63) is 58.7 Å². The number of benzene rings is 2. The highest BCUT2D eigenvalue weighted by molar-refractivity contribution is 6.06. The third-order valence-electron chi connectivity index (χ3n) is 5.64. The van der Waals surface area contributed by atoms with Gasteiger partial charge in [0.2, 0.25) is 0 Å². The topological polar surface area (TPSA) is 65.0 Å². The number of rotatable bonds is 1. The Balaban J connectivity index is 1.71. The molecule has 3 aliphatic heterocycles. The van der Waals surface area contributed by atoms with Gasteiger partial charge in [0, 0.05) is 0 Å². The number of hydrogen-bond acceptors (Lipinski definition) is 5. The number of carbonyl (C=O) groups is 1. The molecule has 30 heavy (non-hydrogen) atoms. The summed E-state index contributed by atoms with van der Waals surface area (Å²) in [6, 6.07) is 6.76. The van der Waals surface area contributed by atoms with Crippen LogP contribution < -0.4 is 14.2 Å². The molecule has 1 unspecified atom stereocenters. The SMILES string of the molecule is CC1(C)C=Cc2c(c3c(c4c2OC(c2ccc(O)cc2)CC4=O)OC(C)(C)C=C3)O1. The third kappa shape index (κ3) is 2.96. The lowest BCUT2D eigenvalue weighted by Gasteiger charge is -2.37. The monoisotopic (exact) mass is 404 g/mol. The van der Waals surface area contributed by atoms with Crippen LogP contribution in [0, 0.1) is 0 Å². The molecule has 0 saturated heterocycles. The summed E-state index contributed by atoms with van der Waals surface area (Å²) in [6.07, 6.45) is 7.65. The summed E-state index contributed by atoms with van der Waals surface area (Å²) in [5.74, 6) is 1.83. The van der Waals surface area contributed by atoms with E-state index in [9.17, 15) is 9.90 Å². The van der Waals surface area contributed by atoms with Gasteiger partial charge in [-0.2, -0.15) is 0 Å². The number of carbonyl (C=O) groups excluding carboxylic acids is 1. The van der Waals surface area contributed by atoms with E-state index >= 15 is 0 Å². The molecule has 1 atom stereocenters. The van der Waals surface area contributed by atoms with Gasteiger partial charge in [0.25, 0.3) is 0 Å². The maximum absolute atomic E-state index is 13.3. The van der Waals surface area contributed by atoms with Crippen molar-refractivity contribution in [2.45, 2.75) is 51.4 Å². The van der Waals surface area contributed by atoms with Gasteiger partial charge in [-0.3, -0.25) is 4.79 Å². The number of Topliss-reactive ketones (excluding diaryl/α,β-unsaturated/α-hetero) is 1. The maximum atomic E-state index is 13.3. The molecule has 2 aromatic rings. The summed E-state index contributed by atoms with van der Waals surface area (Å²) in [4.78, 5) is 13.3. The first-order valence-corrected chi connectivity index (χ1v) is 10.1. The molecule has 5 nitrogen and oxygen atoms in total. The minimum atomic E-state index is -0.539. The lowest BCUT2D eigenvalue weighted by Crippen LogP contribution is -2.33. The van der Waals surface area contributed by atoms with E-state index in [0.29, 0.717) is 22.8 Å². The Bertz CT molecular complexity index is 1120. The normalized spacial score (nSPS) is 22.1. The molecular weight excluding hydrogens is 380 g/mol. The Morgan fingerprint density at radius 3 is 2.07 bits per heavy atom. The second-order valence-electron chi connectivity index (χ2n) is 9.09. The van der Waals surface area contributed by atoms with E-state index in [4.69, 9.17) is 14.2 Å². The van der Waals surface area contributed by atoms with E-state index in [-0.39, 0.29) is 18.0 Å². The van der Waals surface area contributed by atoms with Gasteiger partial charge in [-0.1, -0.05) is 12.1 Å². The fourth-order valence-electron chi connectivity index (χ4n) is 4.11. The Labute approximate surface area is 175 Å². The zero-order valence-corrected chi connectivity index (χ0v) is 17.5. The predicted octanol–water partition coefficient (Wildman–Crippen LogP) is 5.47. The zero-order valence-electron chi connectivity index (χ0n) is 17.5. The summed E-state index contributed by atoms with van der Waals surface area (Å²) >= 11 is 0. The van der Waals surface area contributed by atoms with Crippen molar-refractivity contribution < 1.29 is 24.1 Å². The van der Waals surface area contributed by atoms with E-state index in [1.54, 1.807) is 24.3 Å². The molecule has 154 valence electrons. The standard InChI is InChI=1S/C25H24O5/c1-24(2)11-9-16-21(29-24)17-10-12-25(3,4)30-23(17)20-18(27)13-19(28-22(16)20)14-5-7-15(26)8-6-14/h5-12,19,26H,13H2,1-4H3. The van der Waals surface area contributed by atoms with Gasteiger partial charge in [-0.05, 0) is 69.7 Å². The van der Waals surface area contributed by atoms with Gasteiger partial charge in [0.15, 0.2) is 5.78 Å². The minimum Gasteiger partial charge on any atom is -0.508 e. The average molecular weight is 404 g/mol. The second kappa shape index (κ2) is 6.14. The molecule has 0 amide bonds. The first-order valence-electron chi connectivity index (χ1n) is 10.1. The van der Waals surface area contributed by atoms with Crippen LogP contribution in [0.3, 0.4) is 0 Å². The molecule has 2 aromatic carbocycles. The van der Waals surface area contributed by atoms with Crippen LogP contribution in [-0.4, -0.2) is 22.1 Å². The van der Waals surface area contributed by atoms with Crippen LogP contribution in [0.4, 0.5) is 0 Å². The van der Waals surface area contributed by atoms with Gasteiger partial charge in [-0.25, -0.2) is 0 Å². The lowest BCUT2D eigenvalue weighted by atomic mass is 9.87. The number of fused-ring (bicyclic) bond motifs is 6. The van der Waals surface area contributed by atoms with Crippen molar-refractivity contribution in [3.63, 3.8) is 0 Å². The van der Waals surface area contributed by atoms with Gasteiger partial charge in [0.05, 0.1) is 17.5 Å². The van der Waals surface area contributed by atoms with Crippen LogP contribution in [0.5, 0.6) is 23.0 Å². The molecule has 1 N–H and O–H groups in total. The molecule has 3 aliphatic rings. The molecule has 0 bridgehead atoms. The van der Waals surface area contributed by atoms with Gasteiger partial charge in [-0.15, -0.1) is 0 Å². The Hall–Kier alpha value is -3.21. The lowest BCUT2D eigenvalue weighted by molar-refractivity contribution is 0.0823. The summed E-state index contributed by atoms with van der Waals surface area (Å²) in [6.45, 7) is 7.88. The Morgan fingerprint density at radius 2 is 1.43 bits per heavy atom. The zero-order chi connectivity index (χ0) is 21.3. The Morgan fingerprint density at radius 1 is 0.867 bits per heavy atom. The van der Waals surface area contributed by atoms with Crippen LogP contribution in [-0.2, 0) is 0 Å². The molecule has 0 aromatic heterocycles. The van der Waals surface area contributed by atoms with E-state index in [0.717, 1.165) is 16.7 Å². The molecular formula is C25H24O5. The van der Waals surface area contributed by atoms with E-state index in [1.165, 1.54) is 0 Å². The van der Waals surface area contributed by atoms with Crippen LogP contribution in [0.1, 0.15) is 67.3 Å². The number of ether oxygens (including phenoxy) is 3. The first-order chi connectivity index (χ1) is 14.1. The highest BCUT2D eigenvalue weighted by Gasteiger charge is 2.40. The Kier molecular flexibility index (Phi) is 3.85. The van der Waals surface area contributed by atoms with E-state index < -0.39 is 17.3 Å². The van der Waals surface area contributed by atoms with E-state index in [1.807, 2.05) is 52.0 Å². The van der Waals surface area contributed by atoms with E-state index in [2.05, 4.69) is 0 Å². The number of phenols is 1. The highest BCUT2D eigenvalue weighted by atomic mass is 16.5. The summed E-state index contributed by atoms with van der Waals surface area (Å²) in [5.41, 5.74) is 1.83. The number of aromatic hydroxyl groups is 1. The molecule has 0 aliphatic carbocycles. The van der Waals surface area contributed by atoms with Crippen molar-refractivity contribution in [2.24, 2.45) is 0 Å². The van der Waals surface area contributed by atoms with Crippen LogP contribution in [0.25, 0.3) is 12.2 Å². The van der Waals surface area contributed by atoms with Crippen molar-refractivity contribution in [1.82, 2.24) is 0 Å². The van der Waals surface area contributed by atoms with Crippen LogP contribution >= 0.6 is 0 Å². The van der Waals surface area contributed by atoms with Gasteiger partial charge >= 0.3 is 0 Å². The highest BCUT2D eigenvalue weighted by Crippen LogP contribution is 2.53. The molecule has 0 fully saturated rings. The minimum absolute atomic E-state index is 0.0299. The van der Waals surface area contributed by atoms with Crippen molar-refractivity contribution in [1.29, 1.82) is 0 Å². The second-order valence-corrected chi connectivity index (χ2v) is 9.09. The van der Waals surface area contributed by atoms with Crippen LogP contribution in [0.2, 0.25) is 0 Å². The summed E-state index contributed by atoms with van der Waals surface area (Å²) in [5, 5.41) is 9.60. The van der Waals surface area contributed by atoms with Gasteiger partial charge < -0.3 is 19.3 Å². The summed E-state index contributed by atoms with van der Waals surface area (Å²) in [7, 11) is 0. The van der Waals surface area contributed by atoms with Crippen molar-refractivity contribution in [2.75, 3.05) is 0 Å². The largest absolute Gasteiger partial charge is 0.508 e. The maximum Gasteiger partial charge on any atom is 0.174 e. The summed E-state index contributed by atoms with van der Waals surface area (Å²) < 4.78 is 18.9. The fraction of sp³-hybridized carbons (Fsp3) is 0.320. The van der Waals surface area contributed by atoms with Crippen molar-refractivity contribution >= 4 is 17.9 Å². The smallest absolute Gasteiger partial charge is 0.174 e. The molecule has 0 saturated carbocycles. The predicted molar refractivity (Wildman–Crippen MR) is 114 cm³/mol.